The van der Waals surface area contributed by atoms with E-state index in [1.807, 2.05) is 0 Å². The fourth-order valence-corrected chi connectivity index (χ4v) is 5.87. The molecule has 2 N–H and O–H groups in total. The standard InChI is InChI=1S/C27H23N3O7S.C2H4O2/c1-4-37-26(35)20-14(2)28-27-30(22(20)15-9-11-16(36-3)12-10-15)25(34)23(38-27)21-17-7-5-6-8-18(17)29(24(21)33)13-19(31)32;1-2(3)4/h5-12,22H,4,13H2,1-3H3,(H,31,32);1H3,(H,3,4)/b23-21-;. The van der Waals surface area contributed by atoms with Crippen molar-refractivity contribution in [1.29, 1.82) is 0 Å². The van der Waals surface area contributed by atoms with Crippen molar-refractivity contribution >= 4 is 46.4 Å². The van der Waals surface area contributed by atoms with Crippen molar-refractivity contribution < 1.29 is 38.9 Å². The van der Waals surface area contributed by atoms with Crippen LogP contribution in [-0.4, -0.2) is 58.9 Å². The molecule has 0 bridgehead atoms. The molecule has 12 nitrogen and oxygen atoms in total. The second-order valence-electron chi connectivity index (χ2n) is 9.09. The van der Waals surface area contributed by atoms with Gasteiger partial charge in [-0.15, -0.1) is 0 Å². The number of benzene rings is 2. The maximum absolute atomic E-state index is 14.0. The van der Waals surface area contributed by atoms with Gasteiger partial charge in [0.05, 0.1) is 42.3 Å². The zero-order valence-electron chi connectivity index (χ0n) is 23.1. The Morgan fingerprint density at radius 1 is 1.05 bits per heavy atom. The molecular formula is C29H27N3O9S. The molecule has 218 valence electrons. The van der Waals surface area contributed by atoms with Crippen LogP contribution in [0.25, 0.3) is 5.57 Å². The Morgan fingerprint density at radius 3 is 2.29 bits per heavy atom. The van der Waals surface area contributed by atoms with Gasteiger partial charge in [0.25, 0.3) is 17.4 Å². The molecule has 0 saturated heterocycles. The first-order valence-electron chi connectivity index (χ1n) is 12.7. The largest absolute Gasteiger partial charge is 0.497 e. The Morgan fingerprint density at radius 2 is 1.69 bits per heavy atom. The first-order chi connectivity index (χ1) is 20.0. The molecule has 3 aromatic rings. The van der Waals surface area contributed by atoms with E-state index in [0.29, 0.717) is 33.1 Å². The number of carboxylic acid groups (broad SMARTS) is 2. The van der Waals surface area contributed by atoms with Crippen LogP contribution in [0.3, 0.4) is 0 Å². The summed E-state index contributed by atoms with van der Waals surface area (Å²) in [6.45, 7) is 4.05. The lowest BCUT2D eigenvalue weighted by Crippen LogP contribution is -2.41. The number of para-hydroxylation sites is 1. The monoisotopic (exact) mass is 593 g/mol. The lowest BCUT2D eigenvalue weighted by Gasteiger charge is -2.24. The quantitative estimate of drug-likeness (QED) is 0.405. The number of carboxylic acids is 2. The molecule has 1 amide bonds. The normalized spacial score (nSPS) is 16.5. The van der Waals surface area contributed by atoms with Crippen molar-refractivity contribution in [2.24, 2.45) is 4.99 Å². The van der Waals surface area contributed by atoms with Crippen LogP contribution in [0.1, 0.15) is 37.9 Å². The third-order valence-electron chi connectivity index (χ3n) is 6.37. The Hall–Kier alpha value is -5.04. The molecule has 0 aliphatic carbocycles. The van der Waals surface area contributed by atoms with E-state index in [1.165, 1.54) is 11.7 Å². The number of carbonyl (C=O) groups excluding carboxylic acids is 2. The number of nitrogens with zero attached hydrogens (tertiary/aromatic N) is 3. The highest BCUT2D eigenvalue weighted by molar-refractivity contribution is 7.07. The molecule has 1 unspecified atom stereocenters. The van der Waals surface area contributed by atoms with Crippen LogP contribution in [0.2, 0.25) is 0 Å². The number of ether oxygens (including phenoxy) is 2. The fourth-order valence-electron chi connectivity index (χ4n) is 4.74. The van der Waals surface area contributed by atoms with Gasteiger partial charge in [0.1, 0.15) is 16.8 Å². The van der Waals surface area contributed by atoms with Crippen molar-refractivity contribution in [1.82, 2.24) is 4.57 Å². The Balaban J connectivity index is 0.000000952. The summed E-state index contributed by atoms with van der Waals surface area (Å²) in [7, 11) is 1.54. The van der Waals surface area contributed by atoms with Gasteiger partial charge in [-0.25, -0.2) is 9.79 Å². The molecule has 0 spiro atoms. The van der Waals surface area contributed by atoms with E-state index >= 15 is 0 Å². The van der Waals surface area contributed by atoms with Crippen molar-refractivity contribution in [2.75, 3.05) is 25.2 Å². The maximum Gasteiger partial charge on any atom is 0.338 e. The minimum atomic E-state index is -1.18. The van der Waals surface area contributed by atoms with Gasteiger partial charge in [0.2, 0.25) is 0 Å². The SMILES string of the molecule is CC(=O)O.CCOC(=O)C1=C(C)N=c2s/c(=C3\C(=O)N(CC(=O)O)c4ccccc43)c(=O)n2C1c1ccc(OC)cc1. The molecule has 0 radical (unpaired) electrons. The number of hydrogen-bond donors (Lipinski definition) is 2. The summed E-state index contributed by atoms with van der Waals surface area (Å²) in [6.07, 6.45) is 0. The number of thiazole rings is 1. The molecule has 1 atom stereocenters. The average molecular weight is 594 g/mol. The van der Waals surface area contributed by atoms with Crippen molar-refractivity contribution in [3.8, 4) is 5.75 Å². The molecule has 2 aliphatic rings. The number of anilines is 1. The van der Waals surface area contributed by atoms with Crippen LogP contribution >= 0.6 is 11.3 Å². The van der Waals surface area contributed by atoms with Crippen LogP contribution in [0.15, 0.2) is 69.6 Å². The molecule has 13 heteroatoms. The molecular weight excluding hydrogens is 566 g/mol. The maximum atomic E-state index is 14.0. The lowest BCUT2D eigenvalue weighted by atomic mass is 9.96. The van der Waals surface area contributed by atoms with Gasteiger partial charge in [-0.1, -0.05) is 41.7 Å². The zero-order valence-corrected chi connectivity index (χ0v) is 23.9. The van der Waals surface area contributed by atoms with Gasteiger partial charge in [-0.2, -0.15) is 0 Å². The lowest BCUT2D eigenvalue weighted by molar-refractivity contribution is -0.139. The highest BCUT2D eigenvalue weighted by Gasteiger charge is 2.37. The molecule has 0 fully saturated rings. The molecule has 2 aromatic carbocycles. The van der Waals surface area contributed by atoms with Crippen molar-refractivity contribution in [3.05, 3.63) is 90.6 Å². The minimum Gasteiger partial charge on any atom is -0.497 e. The number of hydrogen-bond acceptors (Lipinski definition) is 9. The smallest absolute Gasteiger partial charge is 0.338 e. The Kier molecular flexibility index (Phi) is 8.71. The number of aromatic nitrogens is 1. The average Bonchev–Trinajstić information content (AvgIpc) is 3.40. The third kappa shape index (κ3) is 5.59. The van der Waals surface area contributed by atoms with E-state index in [2.05, 4.69) is 4.99 Å². The van der Waals surface area contributed by atoms with Gasteiger partial charge in [-0.05, 0) is 37.6 Å². The van der Waals surface area contributed by atoms with E-state index in [0.717, 1.165) is 23.2 Å². The number of methoxy groups -OCH3 is 1. The second kappa shape index (κ2) is 12.2. The predicted octanol–water partition coefficient (Wildman–Crippen LogP) is 1.70. The van der Waals surface area contributed by atoms with Crippen LogP contribution in [0.4, 0.5) is 5.69 Å². The van der Waals surface area contributed by atoms with E-state index in [1.54, 1.807) is 62.4 Å². The Labute approximate surface area is 243 Å². The molecule has 42 heavy (non-hydrogen) atoms. The third-order valence-corrected chi connectivity index (χ3v) is 7.42. The highest BCUT2D eigenvalue weighted by atomic mass is 32.1. The molecule has 1 aromatic heterocycles. The van der Waals surface area contributed by atoms with Gasteiger partial charge in [0.15, 0.2) is 4.80 Å². The number of rotatable bonds is 6. The van der Waals surface area contributed by atoms with E-state index in [-0.39, 0.29) is 22.3 Å². The van der Waals surface area contributed by atoms with Crippen LogP contribution < -0.4 is 24.5 Å². The summed E-state index contributed by atoms with van der Waals surface area (Å²) in [5.74, 6) is -2.58. The number of allylic oxidation sites excluding steroid dienone is 1. The molecule has 0 saturated carbocycles. The van der Waals surface area contributed by atoms with E-state index < -0.39 is 42.0 Å². The van der Waals surface area contributed by atoms with Gasteiger partial charge >= 0.3 is 11.9 Å². The summed E-state index contributed by atoms with van der Waals surface area (Å²) < 4.78 is 12.1. The zero-order chi connectivity index (χ0) is 30.7. The van der Waals surface area contributed by atoms with Gasteiger partial charge < -0.3 is 19.7 Å². The van der Waals surface area contributed by atoms with Crippen molar-refractivity contribution in [3.63, 3.8) is 0 Å². The highest BCUT2D eigenvalue weighted by Crippen LogP contribution is 2.35. The summed E-state index contributed by atoms with van der Waals surface area (Å²) in [5, 5.41) is 16.8. The summed E-state index contributed by atoms with van der Waals surface area (Å²) in [5.41, 5.74) is 1.71. The molecule has 2 aliphatic heterocycles. The number of fused-ring (bicyclic) bond motifs is 2. The van der Waals surface area contributed by atoms with Gasteiger partial charge in [-0.3, -0.25) is 28.6 Å². The number of carbonyl (C=O) groups is 4. The predicted molar refractivity (Wildman–Crippen MR) is 152 cm³/mol. The number of esters is 1. The minimum absolute atomic E-state index is 0.109. The molecule has 3 heterocycles. The van der Waals surface area contributed by atoms with Crippen LogP contribution in [-0.2, 0) is 23.9 Å². The van der Waals surface area contributed by atoms with E-state index in [9.17, 15) is 24.3 Å². The number of aliphatic carboxylic acids is 2. The topological polar surface area (TPSA) is 165 Å². The second-order valence-corrected chi connectivity index (χ2v) is 10.1. The first-order valence-corrected chi connectivity index (χ1v) is 13.5. The van der Waals surface area contributed by atoms with Crippen LogP contribution in [0.5, 0.6) is 5.75 Å². The van der Waals surface area contributed by atoms with Crippen LogP contribution in [0, 0.1) is 0 Å². The van der Waals surface area contributed by atoms with Crippen molar-refractivity contribution in [2.45, 2.75) is 26.8 Å². The fraction of sp³-hybridized carbons (Fsp3) is 0.241. The first kappa shape index (κ1) is 29.9. The summed E-state index contributed by atoms with van der Waals surface area (Å²) in [4.78, 5) is 67.0. The summed E-state index contributed by atoms with van der Waals surface area (Å²) in [6, 6.07) is 12.9. The number of amides is 1. The Bertz CT molecular complexity index is 1800. The molecule has 5 rings (SSSR count). The summed E-state index contributed by atoms with van der Waals surface area (Å²) >= 11 is 1.03. The van der Waals surface area contributed by atoms with Gasteiger partial charge in [0, 0.05) is 12.5 Å². The van der Waals surface area contributed by atoms with E-state index in [4.69, 9.17) is 19.4 Å².